The molecule has 0 aliphatic carbocycles. The Morgan fingerprint density at radius 3 is 2.25 bits per heavy atom. The minimum absolute atomic E-state index is 0.196. The lowest BCUT2D eigenvalue weighted by molar-refractivity contribution is -0.151. The second-order valence-corrected chi connectivity index (χ2v) is 5.09. The van der Waals surface area contributed by atoms with Crippen LogP contribution < -0.4 is 0 Å². The fraction of sp³-hybridized carbons (Fsp3) is 0.133. The Morgan fingerprint density at radius 2 is 1.70 bits per heavy atom. The predicted octanol–water partition coefficient (Wildman–Crippen LogP) is 4.34. The highest BCUT2D eigenvalue weighted by atomic mass is 35.5. The third-order valence-corrected chi connectivity index (χ3v) is 3.11. The highest BCUT2D eigenvalue weighted by molar-refractivity contribution is 6.34. The summed E-state index contributed by atoms with van der Waals surface area (Å²) in [4.78, 5) is 11.3. The van der Waals surface area contributed by atoms with Crippen molar-refractivity contribution in [3.05, 3.63) is 69.7 Å². The maximum atomic E-state index is 11.3. The van der Waals surface area contributed by atoms with Gasteiger partial charge in [-0.15, -0.1) is 0 Å². The molecule has 1 unspecified atom stereocenters. The average Bonchev–Trinajstić information content (AvgIpc) is 2.38. The summed E-state index contributed by atoms with van der Waals surface area (Å²) in [6.07, 6.45) is -1.11. The molecule has 20 heavy (non-hydrogen) atoms. The van der Waals surface area contributed by atoms with Crippen LogP contribution in [0.25, 0.3) is 0 Å². The largest absolute Gasteiger partial charge is 0.479 e. The van der Waals surface area contributed by atoms with Gasteiger partial charge in [0.25, 0.3) is 0 Å². The molecule has 0 bridgehead atoms. The summed E-state index contributed by atoms with van der Waals surface area (Å²) in [7, 11) is 0. The van der Waals surface area contributed by atoms with Gasteiger partial charge in [0.2, 0.25) is 0 Å². The van der Waals surface area contributed by atoms with E-state index in [1.54, 1.807) is 6.07 Å². The molecule has 5 heteroatoms. The number of carbonyl (C=O) groups is 1. The molecule has 104 valence electrons. The number of halogens is 2. The van der Waals surface area contributed by atoms with Crippen LogP contribution in [0.5, 0.6) is 0 Å². The number of hydrogen-bond donors (Lipinski definition) is 1. The molecule has 0 saturated heterocycles. The zero-order chi connectivity index (χ0) is 14.5. The van der Waals surface area contributed by atoms with E-state index < -0.39 is 12.1 Å². The first-order valence-electron chi connectivity index (χ1n) is 5.90. The predicted molar refractivity (Wildman–Crippen MR) is 78.1 cm³/mol. The molecular formula is C15H12Cl2O3. The van der Waals surface area contributed by atoms with Crippen LogP contribution in [0.2, 0.25) is 10.0 Å². The van der Waals surface area contributed by atoms with Gasteiger partial charge in [-0.25, -0.2) is 4.79 Å². The Morgan fingerprint density at radius 1 is 1.10 bits per heavy atom. The molecular weight excluding hydrogens is 299 g/mol. The maximum Gasteiger partial charge on any atom is 0.337 e. The van der Waals surface area contributed by atoms with Crippen LogP contribution in [-0.2, 0) is 16.1 Å². The topological polar surface area (TPSA) is 46.5 Å². The van der Waals surface area contributed by atoms with E-state index in [-0.39, 0.29) is 6.61 Å². The SMILES string of the molecule is O=C(O)C(OCc1ccccc1)c1cc(Cl)cc(Cl)c1. The molecule has 0 heterocycles. The van der Waals surface area contributed by atoms with Crippen molar-refractivity contribution in [2.45, 2.75) is 12.7 Å². The third-order valence-electron chi connectivity index (χ3n) is 2.67. The summed E-state index contributed by atoms with van der Waals surface area (Å²) >= 11 is 11.8. The van der Waals surface area contributed by atoms with Gasteiger partial charge in [-0.2, -0.15) is 0 Å². The van der Waals surface area contributed by atoms with Crippen molar-refractivity contribution in [2.24, 2.45) is 0 Å². The lowest BCUT2D eigenvalue weighted by atomic mass is 10.1. The summed E-state index contributed by atoms with van der Waals surface area (Å²) in [5, 5.41) is 10.0. The van der Waals surface area contributed by atoms with E-state index in [0.717, 1.165) is 5.56 Å². The molecule has 2 aromatic rings. The summed E-state index contributed by atoms with van der Waals surface area (Å²) in [5.41, 5.74) is 1.32. The minimum atomic E-state index is -1.11. The Balaban J connectivity index is 2.17. The van der Waals surface area contributed by atoms with E-state index in [1.807, 2.05) is 30.3 Å². The highest BCUT2D eigenvalue weighted by Gasteiger charge is 2.21. The number of carboxylic acid groups (broad SMARTS) is 1. The van der Waals surface area contributed by atoms with Gasteiger partial charge >= 0.3 is 5.97 Å². The van der Waals surface area contributed by atoms with Crippen LogP contribution >= 0.6 is 23.2 Å². The van der Waals surface area contributed by atoms with Gasteiger partial charge in [-0.1, -0.05) is 53.5 Å². The first kappa shape index (κ1) is 14.9. The van der Waals surface area contributed by atoms with E-state index in [9.17, 15) is 9.90 Å². The second kappa shape index (κ2) is 6.75. The van der Waals surface area contributed by atoms with Crippen molar-refractivity contribution in [3.8, 4) is 0 Å². The van der Waals surface area contributed by atoms with E-state index in [4.69, 9.17) is 27.9 Å². The number of rotatable bonds is 5. The van der Waals surface area contributed by atoms with Gasteiger partial charge in [0.1, 0.15) is 0 Å². The zero-order valence-electron chi connectivity index (χ0n) is 10.4. The zero-order valence-corrected chi connectivity index (χ0v) is 11.9. The molecule has 2 rings (SSSR count). The van der Waals surface area contributed by atoms with Crippen molar-refractivity contribution in [1.82, 2.24) is 0 Å². The van der Waals surface area contributed by atoms with Crippen LogP contribution in [0, 0.1) is 0 Å². The number of ether oxygens (including phenoxy) is 1. The molecule has 0 spiro atoms. The Labute approximate surface area is 126 Å². The van der Waals surface area contributed by atoms with Gasteiger partial charge in [0.15, 0.2) is 6.10 Å². The van der Waals surface area contributed by atoms with Gasteiger partial charge in [0, 0.05) is 10.0 Å². The molecule has 0 aliphatic rings. The molecule has 3 nitrogen and oxygen atoms in total. The molecule has 2 aromatic carbocycles. The van der Waals surface area contributed by atoms with Crippen molar-refractivity contribution in [3.63, 3.8) is 0 Å². The number of hydrogen-bond acceptors (Lipinski definition) is 2. The van der Waals surface area contributed by atoms with E-state index in [2.05, 4.69) is 0 Å². The molecule has 0 radical (unpaired) electrons. The number of aliphatic carboxylic acids is 1. The average molecular weight is 311 g/mol. The van der Waals surface area contributed by atoms with E-state index >= 15 is 0 Å². The Hall–Kier alpha value is -1.55. The van der Waals surface area contributed by atoms with E-state index in [1.165, 1.54) is 12.1 Å². The third kappa shape index (κ3) is 3.97. The Bertz CT molecular complexity index is 579. The molecule has 0 fully saturated rings. The molecule has 0 aliphatic heterocycles. The summed E-state index contributed by atoms with van der Waals surface area (Å²) in [6.45, 7) is 0.196. The highest BCUT2D eigenvalue weighted by Crippen LogP contribution is 2.26. The van der Waals surface area contributed by atoms with Crippen molar-refractivity contribution >= 4 is 29.2 Å². The Kier molecular flexibility index (Phi) is 5.01. The van der Waals surface area contributed by atoms with Crippen LogP contribution in [0.3, 0.4) is 0 Å². The van der Waals surface area contributed by atoms with Crippen LogP contribution in [0.4, 0.5) is 0 Å². The van der Waals surface area contributed by atoms with Crippen molar-refractivity contribution in [2.75, 3.05) is 0 Å². The maximum absolute atomic E-state index is 11.3. The van der Waals surface area contributed by atoms with E-state index in [0.29, 0.717) is 15.6 Å². The normalized spacial score (nSPS) is 12.1. The summed E-state index contributed by atoms with van der Waals surface area (Å²) in [6, 6.07) is 14.0. The molecule has 1 atom stereocenters. The molecule has 0 aromatic heterocycles. The molecule has 1 N–H and O–H groups in total. The van der Waals surface area contributed by atoms with Crippen LogP contribution in [0.1, 0.15) is 17.2 Å². The van der Waals surface area contributed by atoms with Crippen molar-refractivity contribution in [1.29, 1.82) is 0 Å². The first-order valence-corrected chi connectivity index (χ1v) is 6.66. The summed E-state index contributed by atoms with van der Waals surface area (Å²) in [5.74, 6) is -1.08. The minimum Gasteiger partial charge on any atom is -0.479 e. The lowest BCUT2D eigenvalue weighted by Gasteiger charge is -2.15. The standard InChI is InChI=1S/C15H12Cl2O3/c16-12-6-11(7-13(17)8-12)14(15(18)19)20-9-10-4-2-1-3-5-10/h1-8,14H,9H2,(H,18,19). The number of carboxylic acids is 1. The smallest absolute Gasteiger partial charge is 0.337 e. The quantitative estimate of drug-likeness (QED) is 0.893. The number of benzene rings is 2. The fourth-order valence-corrected chi connectivity index (χ4v) is 2.33. The van der Waals surface area contributed by atoms with Crippen LogP contribution in [0.15, 0.2) is 48.5 Å². The molecule has 0 amide bonds. The second-order valence-electron chi connectivity index (χ2n) is 4.22. The monoisotopic (exact) mass is 310 g/mol. The summed E-state index contributed by atoms with van der Waals surface area (Å²) < 4.78 is 5.47. The first-order chi connectivity index (χ1) is 9.56. The molecule has 0 saturated carbocycles. The van der Waals surface area contributed by atoms with Crippen LogP contribution in [-0.4, -0.2) is 11.1 Å². The lowest BCUT2D eigenvalue weighted by Crippen LogP contribution is -2.15. The van der Waals surface area contributed by atoms with Gasteiger partial charge in [-0.05, 0) is 29.3 Å². The van der Waals surface area contributed by atoms with Gasteiger partial charge in [-0.3, -0.25) is 0 Å². The fourth-order valence-electron chi connectivity index (χ4n) is 1.79. The van der Waals surface area contributed by atoms with Gasteiger partial charge in [0.05, 0.1) is 6.61 Å². The van der Waals surface area contributed by atoms with Gasteiger partial charge < -0.3 is 9.84 Å². The van der Waals surface area contributed by atoms with Crippen molar-refractivity contribution < 1.29 is 14.6 Å².